The predicted molar refractivity (Wildman–Crippen MR) is 75.5 cm³/mol. The van der Waals surface area contributed by atoms with E-state index in [0.717, 1.165) is 32.5 Å². The van der Waals surface area contributed by atoms with Crippen molar-refractivity contribution in [2.45, 2.75) is 25.8 Å². The normalized spacial score (nSPS) is 17.6. The number of nitrogens with two attached hydrogens (primary N) is 1. The summed E-state index contributed by atoms with van der Waals surface area (Å²) < 4.78 is 1.24. The van der Waals surface area contributed by atoms with Crippen molar-refractivity contribution in [3.63, 3.8) is 0 Å². The van der Waals surface area contributed by atoms with Crippen LogP contribution < -0.4 is 22.3 Å². The highest BCUT2D eigenvalue weighted by molar-refractivity contribution is 5.60. The van der Waals surface area contributed by atoms with Crippen molar-refractivity contribution in [1.29, 1.82) is 0 Å². The molecular formula is C12H21N5O2. The molecule has 2 heterocycles. The number of rotatable bonds is 3. The molecule has 0 radical (unpaired) electrons. The fourth-order valence-electron chi connectivity index (χ4n) is 2.37. The Labute approximate surface area is 111 Å². The molecule has 0 atom stereocenters. The van der Waals surface area contributed by atoms with E-state index in [-0.39, 0.29) is 11.9 Å². The molecule has 19 heavy (non-hydrogen) atoms. The number of nitrogens with one attached hydrogen (secondary N) is 2. The van der Waals surface area contributed by atoms with E-state index >= 15 is 0 Å². The number of aromatic nitrogens is 2. The van der Waals surface area contributed by atoms with Gasteiger partial charge in [0.15, 0.2) is 0 Å². The number of anilines is 2. The van der Waals surface area contributed by atoms with E-state index in [2.05, 4.69) is 22.1 Å². The quantitative estimate of drug-likeness (QED) is 0.689. The standard InChI is InChI=1S/C12H21N5O2/c1-3-17-6-4-8(5-7-17)14-9-10(13)16(2)12(19)15-11(9)18/h8,14H,3-7,13H2,1-2H3,(H,15,18,19). The number of H-pyrrole nitrogens is 1. The van der Waals surface area contributed by atoms with E-state index in [0.29, 0.717) is 5.69 Å². The van der Waals surface area contributed by atoms with E-state index in [1.807, 2.05) is 0 Å². The highest BCUT2D eigenvalue weighted by Gasteiger charge is 2.20. The Morgan fingerprint density at radius 1 is 1.37 bits per heavy atom. The predicted octanol–water partition coefficient (Wildman–Crippen LogP) is -0.448. The largest absolute Gasteiger partial charge is 0.383 e. The minimum atomic E-state index is -0.492. The van der Waals surface area contributed by atoms with Gasteiger partial charge in [-0.05, 0) is 19.4 Å². The number of hydrogen-bond donors (Lipinski definition) is 3. The van der Waals surface area contributed by atoms with Crippen LogP contribution in [0.5, 0.6) is 0 Å². The van der Waals surface area contributed by atoms with Crippen molar-refractivity contribution >= 4 is 11.5 Å². The molecule has 0 unspecified atom stereocenters. The number of nitrogen functional groups attached to an aromatic ring is 1. The Hall–Kier alpha value is -1.76. The molecule has 1 fully saturated rings. The van der Waals surface area contributed by atoms with Gasteiger partial charge in [-0.2, -0.15) is 0 Å². The Bertz CT molecular complexity index is 554. The summed E-state index contributed by atoms with van der Waals surface area (Å²) in [7, 11) is 1.54. The molecule has 7 heteroatoms. The first-order chi connectivity index (χ1) is 9.02. The number of likely N-dealkylation sites (tertiary alicyclic amines) is 1. The van der Waals surface area contributed by atoms with Gasteiger partial charge in [0.05, 0.1) is 0 Å². The molecule has 0 aromatic carbocycles. The summed E-state index contributed by atoms with van der Waals surface area (Å²) in [6.07, 6.45) is 1.94. The third-order valence-corrected chi connectivity index (χ3v) is 3.75. The van der Waals surface area contributed by atoms with Gasteiger partial charge in [-0.1, -0.05) is 6.92 Å². The van der Waals surface area contributed by atoms with Crippen molar-refractivity contribution in [1.82, 2.24) is 14.5 Å². The fraction of sp³-hybridized carbons (Fsp3) is 0.667. The van der Waals surface area contributed by atoms with Crippen LogP contribution in [0.15, 0.2) is 9.59 Å². The summed E-state index contributed by atoms with van der Waals surface area (Å²) >= 11 is 0. The number of piperidine rings is 1. The van der Waals surface area contributed by atoms with Crippen LogP contribution >= 0.6 is 0 Å². The van der Waals surface area contributed by atoms with Crippen molar-refractivity contribution in [3.05, 3.63) is 20.8 Å². The summed E-state index contributed by atoms with van der Waals surface area (Å²) in [5.74, 6) is 0.187. The summed E-state index contributed by atoms with van der Waals surface area (Å²) in [6.45, 7) is 5.22. The Kier molecular flexibility index (Phi) is 3.94. The van der Waals surface area contributed by atoms with Crippen LogP contribution in [0.4, 0.5) is 11.5 Å². The lowest BCUT2D eigenvalue weighted by Crippen LogP contribution is -2.41. The Morgan fingerprint density at radius 3 is 2.58 bits per heavy atom. The molecule has 106 valence electrons. The minimum Gasteiger partial charge on any atom is -0.383 e. The van der Waals surface area contributed by atoms with Gasteiger partial charge in [0.2, 0.25) is 0 Å². The molecule has 2 rings (SSSR count). The van der Waals surface area contributed by atoms with Crippen molar-refractivity contribution in [3.8, 4) is 0 Å². The molecule has 0 amide bonds. The van der Waals surface area contributed by atoms with Gasteiger partial charge in [0, 0.05) is 26.2 Å². The summed E-state index contributed by atoms with van der Waals surface area (Å²) in [4.78, 5) is 27.8. The first-order valence-corrected chi connectivity index (χ1v) is 6.60. The molecule has 1 aromatic rings. The Morgan fingerprint density at radius 2 is 2.00 bits per heavy atom. The highest BCUT2D eigenvalue weighted by Crippen LogP contribution is 2.17. The first-order valence-electron chi connectivity index (χ1n) is 6.60. The van der Waals surface area contributed by atoms with E-state index in [1.165, 1.54) is 4.57 Å². The number of nitrogens with zero attached hydrogens (tertiary/aromatic N) is 2. The topological polar surface area (TPSA) is 96.2 Å². The van der Waals surface area contributed by atoms with E-state index < -0.39 is 11.2 Å². The van der Waals surface area contributed by atoms with Crippen LogP contribution in [-0.4, -0.2) is 40.1 Å². The van der Waals surface area contributed by atoms with Crippen LogP contribution in [0.25, 0.3) is 0 Å². The highest BCUT2D eigenvalue weighted by atomic mass is 16.2. The fourth-order valence-corrected chi connectivity index (χ4v) is 2.37. The maximum atomic E-state index is 11.8. The zero-order chi connectivity index (χ0) is 14.0. The molecule has 0 spiro atoms. The van der Waals surface area contributed by atoms with Gasteiger partial charge in [-0.15, -0.1) is 0 Å². The van der Waals surface area contributed by atoms with Gasteiger partial charge in [-0.25, -0.2) is 4.79 Å². The molecule has 1 aliphatic heterocycles. The second-order valence-corrected chi connectivity index (χ2v) is 4.93. The lowest BCUT2D eigenvalue weighted by atomic mass is 10.0. The van der Waals surface area contributed by atoms with Gasteiger partial charge in [0.25, 0.3) is 5.56 Å². The molecule has 0 saturated carbocycles. The average molecular weight is 267 g/mol. The second-order valence-electron chi connectivity index (χ2n) is 4.93. The molecule has 1 aromatic heterocycles. The molecule has 7 nitrogen and oxygen atoms in total. The number of hydrogen-bond acceptors (Lipinski definition) is 5. The van der Waals surface area contributed by atoms with Crippen LogP contribution in [-0.2, 0) is 7.05 Å². The minimum absolute atomic E-state index is 0.187. The SMILES string of the molecule is CCN1CCC(Nc2c(N)n(C)c(=O)[nH]c2=O)CC1. The zero-order valence-electron chi connectivity index (χ0n) is 11.4. The lowest BCUT2D eigenvalue weighted by molar-refractivity contribution is 0.229. The molecule has 1 saturated heterocycles. The molecule has 1 aliphatic rings. The summed E-state index contributed by atoms with van der Waals surface area (Å²) in [5.41, 5.74) is 5.19. The van der Waals surface area contributed by atoms with Gasteiger partial charge >= 0.3 is 5.69 Å². The van der Waals surface area contributed by atoms with E-state index in [4.69, 9.17) is 5.73 Å². The maximum Gasteiger partial charge on any atom is 0.329 e. The summed E-state index contributed by atoms with van der Waals surface area (Å²) in [5, 5.41) is 3.17. The summed E-state index contributed by atoms with van der Waals surface area (Å²) in [6, 6.07) is 0.226. The zero-order valence-corrected chi connectivity index (χ0v) is 11.4. The second kappa shape index (κ2) is 5.48. The third kappa shape index (κ3) is 2.81. The molecule has 0 bridgehead atoms. The van der Waals surface area contributed by atoms with Crippen molar-refractivity contribution in [2.24, 2.45) is 7.05 Å². The van der Waals surface area contributed by atoms with Crippen LogP contribution in [0.2, 0.25) is 0 Å². The third-order valence-electron chi connectivity index (χ3n) is 3.75. The van der Waals surface area contributed by atoms with Crippen LogP contribution in [0.1, 0.15) is 19.8 Å². The van der Waals surface area contributed by atoms with E-state index in [9.17, 15) is 9.59 Å². The smallest absolute Gasteiger partial charge is 0.329 e. The van der Waals surface area contributed by atoms with Gasteiger partial charge < -0.3 is 16.0 Å². The maximum absolute atomic E-state index is 11.8. The molecule has 0 aliphatic carbocycles. The monoisotopic (exact) mass is 267 g/mol. The van der Waals surface area contributed by atoms with Crippen molar-refractivity contribution in [2.75, 3.05) is 30.7 Å². The van der Waals surface area contributed by atoms with Gasteiger partial charge in [-0.3, -0.25) is 14.3 Å². The average Bonchev–Trinajstić information content (AvgIpc) is 2.42. The van der Waals surface area contributed by atoms with E-state index in [1.54, 1.807) is 7.05 Å². The van der Waals surface area contributed by atoms with Crippen LogP contribution in [0.3, 0.4) is 0 Å². The lowest BCUT2D eigenvalue weighted by Gasteiger charge is -2.32. The Balaban J connectivity index is 2.15. The number of aromatic amines is 1. The van der Waals surface area contributed by atoms with Gasteiger partial charge in [0.1, 0.15) is 11.5 Å². The first kappa shape index (κ1) is 13.7. The van der Waals surface area contributed by atoms with Crippen LogP contribution in [0, 0.1) is 0 Å². The molecule has 4 N–H and O–H groups in total. The van der Waals surface area contributed by atoms with Crippen molar-refractivity contribution < 1.29 is 0 Å². The molecular weight excluding hydrogens is 246 g/mol.